The first-order valence-corrected chi connectivity index (χ1v) is 8.70. The molecular weight excluding hydrogens is 383 g/mol. The zero-order valence-corrected chi connectivity index (χ0v) is 15.4. The van der Waals surface area contributed by atoms with Crippen LogP contribution in [0.5, 0.6) is 0 Å². The molecule has 0 aromatic heterocycles. The summed E-state index contributed by atoms with van der Waals surface area (Å²) in [5.74, 6) is -0.872. The fraction of sp³-hybridized carbons (Fsp3) is 0.263. The zero-order chi connectivity index (χ0) is 19.3. The molecule has 138 valence electrons. The van der Waals surface area contributed by atoms with Crippen LogP contribution in [0.1, 0.15) is 29.0 Å². The highest BCUT2D eigenvalue weighted by Gasteiger charge is 2.26. The van der Waals surface area contributed by atoms with Gasteiger partial charge in [-0.05, 0) is 23.6 Å². The van der Waals surface area contributed by atoms with E-state index in [0.29, 0.717) is 5.56 Å². The van der Waals surface area contributed by atoms with Crippen LogP contribution in [0.4, 0.5) is 8.78 Å². The van der Waals surface area contributed by atoms with Gasteiger partial charge >= 0.3 is 0 Å². The summed E-state index contributed by atoms with van der Waals surface area (Å²) in [4.78, 5) is 21.3. The van der Waals surface area contributed by atoms with Crippen molar-refractivity contribution in [3.05, 3.63) is 59.7 Å². The summed E-state index contributed by atoms with van der Waals surface area (Å²) in [6, 6.07) is 12.1. The summed E-state index contributed by atoms with van der Waals surface area (Å²) < 4.78 is 27.6. The third-order valence-electron chi connectivity index (χ3n) is 3.90. The van der Waals surface area contributed by atoms with Crippen molar-refractivity contribution in [2.24, 2.45) is 0 Å². The highest BCUT2D eigenvalue weighted by molar-refractivity contribution is 6.53. The third-order valence-corrected chi connectivity index (χ3v) is 4.30. The van der Waals surface area contributed by atoms with Gasteiger partial charge in [0.05, 0.1) is 6.04 Å². The molecule has 7 heteroatoms. The van der Waals surface area contributed by atoms with Gasteiger partial charge in [-0.2, -0.15) is 0 Å². The Labute approximate surface area is 160 Å². The molecule has 0 aliphatic heterocycles. The molecule has 2 atom stereocenters. The van der Waals surface area contributed by atoms with Crippen molar-refractivity contribution in [3.8, 4) is 11.1 Å². The molecule has 0 heterocycles. The number of Topliss-reactive ketones (excluding diaryl/α,β-unsaturated/α-hetero) is 1. The van der Waals surface area contributed by atoms with Gasteiger partial charge in [0.1, 0.15) is 12.8 Å². The van der Waals surface area contributed by atoms with Crippen LogP contribution in [0.25, 0.3) is 11.1 Å². The Bertz CT molecular complexity index is 764. The second kappa shape index (κ2) is 9.10. The molecule has 1 amide bonds. The van der Waals surface area contributed by atoms with E-state index >= 15 is 0 Å². The monoisotopic (exact) mass is 399 g/mol. The molecule has 1 N–H and O–H groups in total. The van der Waals surface area contributed by atoms with Crippen molar-refractivity contribution < 1.29 is 18.4 Å². The number of benzene rings is 2. The van der Waals surface area contributed by atoms with Gasteiger partial charge in [-0.1, -0.05) is 71.7 Å². The average molecular weight is 400 g/mol. The molecule has 2 aromatic rings. The van der Waals surface area contributed by atoms with Crippen LogP contribution in [0, 0.1) is 0 Å². The molecule has 0 radical (unpaired) electrons. The fourth-order valence-corrected chi connectivity index (χ4v) is 2.55. The highest BCUT2D eigenvalue weighted by Crippen LogP contribution is 2.26. The fourth-order valence-electron chi connectivity index (χ4n) is 2.42. The minimum absolute atomic E-state index is 0.0254. The van der Waals surface area contributed by atoms with Gasteiger partial charge in [-0.15, -0.1) is 0 Å². The number of carbonyl (C=O) groups excluding carboxylic acids is 2. The Morgan fingerprint density at radius 1 is 1.00 bits per heavy atom. The highest BCUT2D eigenvalue weighted by atomic mass is 35.5. The third kappa shape index (κ3) is 5.02. The van der Waals surface area contributed by atoms with Crippen molar-refractivity contribution >= 4 is 34.9 Å². The topological polar surface area (TPSA) is 46.2 Å². The number of hydrogen-bond donors (Lipinski definition) is 1. The maximum absolute atomic E-state index is 14.5. The summed E-state index contributed by atoms with van der Waals surface area (Å²) in [6.45, 7) is 0.392. The van der Waals surface area contributed by atoms with E-state index in [2.05, 4.69) is 5.32 Å². The van der Waals surface area contributed by atoms with Gasteiger partial charge in [0, 0.05) is 5.56 Å². The second-order valence-corrected chi connectivity index (χ2v) is 6.82. The van der Waals surface area contributed by atoms with E-state index in [4.69, 9.17) is 23.2 Å². The lowest BCUT2D eigenvalue weighted by Crippen LogP contribution is -2.42. The SMILES string of the molecule is CC(=O)c1ccc(-c2ccc(C(F)C(CF)NC(=O)C(Cl)Cl)cc2)cc1. The quantitative estimate of drug-likeness (QED) is 0.535. The van der Waals surface area contributed by atoms with Crippen LogP contribution >= 0.6 is 23.2 Å². The number of nitrogens with one attached hydrogen (secondary N) is 1. The molecule has 26 heavy (non-hydrogen) atoms. The Hall–Kier alpha value is -1.98. The number of halogens is 4. The van der Waals surface area contributed by atoms with Crippen molar-refractivity contribution in [2.75, 3.05) is 6.67 Å². The van der Waals surface area contributed by atoms with Crippen LogP contribution in [-0.4, -0.2) is 29.2 Å². The Morgan fingerprint density at radius 2 is 1.50 bits per heavy atom. The maximum Gasteiger partial charge on any atom is 0.253 e. The number of carbonyl (C=O) groups is 2. The molecule has 0 fully saturated rings. The molecule has 2 unspecified atom stereocenters. The van der Waals surface area contributed by atoms with Crippen LogP contribution in [0.3, 0.4) is 0 Å². The van der Waals surface area contributed by atoms with Gasteiger partial charge in [0.25, 0.3) is 5.91 Å². The molecule has 2 rings (SSSR count). The van der Waals surface area contributed by atoms with E-state index < -0.39 is 29.6 Å². The smallest absolute Gasteiger partial charge is 0.253 e. The van der Waals surface area contributed by atoms with E-state index in [0.717, 1.165) is 11.1 Å². The predicted molar refractivity (Wildman–Crippen MR) is 99.1 cm³/mol. The molecule has 0 aliphatic rings. The molecule has 0 bridgehead atoms. The summed E-state index contributed by atoms with van der Waals surface area (Å²) in [7, 11) is 0. The average Bonchev–Trinajstić information content (AvgIpc) is 2.65. The Balaban J connectivity index is 2.14. The lowest BCUT2D eigenvalue weighted by Gasteiger charge is -2.20. The molecular formula is C19H17Cl2F2NO2. The summed E-state index contributed by atoms with van der Waals surface area (Å²) >= 11 is 10.8. The first kappa shape index (κ1) is 20.3. The van der Waals surface area contributed by atoms with Gasteiger partial charge in [-0.25, -0.2) is 8.78 Å². The van der Waals surface area contributed by atoms with E-state index in [1.54, 1.807) is 36.4 Å². The van der Waals surface area contributed by atoms with Gasteiger partial charge in [0.15, 0.2) is 10.6 Å². The van der Waals surface area contributed by atoms with E-state index in [-0.39, 0.29) is 11.3 Å². The van der Waals surface area contributed by atoms with Crippen molar-refractivity contribution in [1.29, 1.82) is 0 Å². The van der Waals surface area contributed by atoms with Crippen molar-refractivity contribution in [3.63, 3.8) is 0 Å². The molecule has 0 saturated carbocycles. The normalized spacial score (nSPS) is 13.3. The summed E-state index contributed by atoms with van der Waals surface area (Å²) in [5, 5.41) is 2.14. The number of alkyl halides is 4. The minimum Gasteiger partial charge on any atom is -0.345 e. The number of rotatable bonds is 7. The molecule has 0 saturated heterocycles. The number of amides is 1. The lowest BCUT2D eigenvalue weighted by atomic mass is 9.98. The number of hydrogen-bond acceptors (Lipinski definition) is 2. The first-order valence-electron chi connectivity index (χ1n) is 7.83. The van der Waals surface area contributed by atoms with Crippen LogP contribution in [0.15, 0.2) is 48.5 Å². The Kier molecular flexibility index (Phi) is 7.12. The van der Waals surface area contributed by atoms with Crippen molar-refractivity contribution in [1.82, 2.24) is 5.32 Å². The van der Waals surface area contributed by atoms with Crippen LogP contribution in [0.2, 0.25) is 0 Å². The summed E-state index contributed by atoms with van der Waals surface area (Å²) in [5.41, 5.74) is 2.50. The first-order chi connectivity index (χ1) is 12.3. The minimum atomic E-state index is -1.75. The van der Waals surface area contributed by atoms with Crippen molar-refractivity contribution in [2.45, 2.75) is 24.0 Å². The van der Waals surface area contributed by atoms with Gasteiger partial charge < -0.3 is 5.32 Å². The second-order valence-electron chi connectivity index (χ2n) is 5.73. The van der Waals surface area contributed by atoms with E-state index in [9.17, 15) is 18.4 Å². The Morgan fingerprint density at radius 3 is 1.92 bits per heavy atom. The van der Waals surface area contributed by atoms with E-state index in [1.165, 1.54) is 19.1 Å². The lowest BCUT2D eigenvalue weighted by molar-refractivity contribution is -0.120. The van der Waals surface area contributed by atoms with Crippen LogP contribution in [-0.2, 0) is 4.79 Å². The van der Waals surface area contributed by atoms with Gasteiger partial charge in [0.2, 0.25) is 0 Å². The maximum atomic E-state index is 14.5. The number of ketones is 1. The largest absolute Gasteiger partial charge is 0.345 e. The molecule has 0 aliphatic carbocycles. The van der Waals surface area contributed by atoms with E-state index in [1.807, 2.05) is 0 Å². The zero-order valence-electron chi connectivity index (χ0n) is 13.9. The standard InChI is InChI=1S/C19H17Cl2F2NO2/c1-11(25)12-2-4-13(5-3-12)14-6-8-15(9-7-14)17(23)16(10-22)24-19(26)18(20)21/h2-9,16-18H,10H2,1H3,(H,24,26). The predicted octanol–water partition coefficient (Wildman–Crippen LogP) is 4.82. The molecule has 3 nitrogen and oxygen atoms in total. The van der Waals surface area contributed by atoms with Crippen LogP contribution < -0.4 is 5.32 Å². The van der Waals surface area contributed by atoms with Gasteiger partial charge in [-0.3, -0.25) is 9.59 Å². The summed E-state index contributed by atoms with van der Waals surface area (Å²) in [6.07, 6.45) is -1.75. The molecule has 0 spiro atoms. The molecule has 2 aromatic carbocycles.